The molecule has 7 heteroatoms. The lowest BCUT2D eigenvalue weighted by atomic mass is 10.1. The molecule has 0 aromatic heterocycles. The van der Waals surface area contributed by atoms with Crippen molar-refractivity contribution in [2.45, 2.75) is 25.6 Å². The summed E-state index contributed by atoms with van der Waals surface area (Å²) in [4.78, 5) is 15.0. The Bertz CT molecular complexity index is 203. The van der Waals surface area contributed by atoms with Crippen molar-refractivity contribution in [3.8, 4) is 0 Å². The SMILES string of the molecule is COC(C)(C)C(=O)NOCC(F)(F)F. The highest BCUT2D eigenvalue weighted by Gasteiger charge is 2.31. The van der Waals surface area contributed by atoms with Gasteiger partial charge in [0, 0.05) is 7.11 Å². The number of methoxy groups -OCH3 is 1. The average Bonchev–Trinajstić information content (AvgIpc) is 2.02. The van der Waals surface area contributed by atoms with Gasteiger partial charge in [-0.05, 0) is 13.8 Å². The van der Waals surface area contributed by atoms with Crippen molar-refractivity contribution in [3.05, 3.63) is 0 Å². The number of nitrogens with one attached hydrogen (secondary N) is 1. The Hall–Kier alpha value is -0.820. The van der Waals surface area contributed by atoms with Gasteiger partial charge in [-0.15, -0.1) is 0 Å². The van der Waals surface area contributed by atoms with Crippen LogP contribution in [-0.2, 0) is 14.4 Å². The van der Waals surface area contributed by atoms with Crippen LogP contribution < -0.4 is 5.48 Å². The quantitative estimate of drug-likeness (QED) is 0.712. The summed E-state index contributed by atoms with van der Waals surface area (Å²) >= 11 is 0. The number of carbonyl (C=O) groups is 1. The number of ether oxygens (including phenoxy) is 1. The Kier molecular flexibility index (Phi) is 4.34. The number of halogens is 3. The molecule has 0 bridgehead atoms. The fourth-order valence-electron chi connectivity index (χ4n) is 0.399. The van der Waals surface area contributed by atoms with Crippen LogP contribution >= 0.6 is 0 Å². The van der Waals surface area contributed by atoms with E-state index in [-0.39, 0.29) is 0 Å². The van der Waals surface area contributed by atoms with Crippen molar-refractivity contribution < 1.29 is 27.5 Å². The Balaban J connectivity index is 3.87. The van der Waals surface area contributed by atoms with Crippen LogP contribution in [0.4, 0.5) is 13.2 Å². The van der Waals surface area contributed by atoms with E-state index in [1.165, 1.54) is 21.0 Å². The van der Waals surface area contributed by atoms with Crippen molar-refractivity contribution >= 4 is 5.91 Å². The summed E-state index contributed by atoms with van der Waals surface area (Å²) in [5.74, 6) is -0.774. The zero-order valence-corrected chi connectivity index (χ0v) is 8.07. The Labute approximate surface area is 79.3 Å². The standard InChI is InChI=1S/C7H12F3NO3/c1-6(2,13-3)5(12)11-14-4-7(8,9)10/h4H2,1-3H3,(H,11,12). The van der Waals surface area contributed by atoms with Gasteiger partial charge >= 0.3 is 6.18 Å². The topological polar surface area (TPSA) is 47.6 Å². The van der Waals surface area contributed by atoms with Crippen LogP contribution in [0.15, 0.2) is 0 Å². The van der Waals surface area contributed by atoms with Gasteiger partial charge < -0.3 is 4.74 Å². The van der Waals surface area contributed by atoms with Crippen LogP contribution in [0, 0.1) is 0 Å². The molecule has 0 atom stereocenters. The summed E-state index contributed by atoms with van der Waals surface area (Å²) in [6.07, 6.45) is -4.47. The van der Waals surface area contributed by atoms with Gasteiger partial charge in [-0.1, -0.05) is 0 Å². The first-order valence-corrected chi connectivity index (χ1v) is 3.73. The molecule has 0 aromatic carbocycles. The smallest absolute Gasteiger partial charge is 0.369 e. The van der Waals surface area contributed by atoms with Gasteiger partial charge in [0.15, 0.2) is 6.61 Å². The van der Waals surface area contributed by atoms with Crippen molar-refractivity contribution in [2.24, 2.45) is 0 Å². The minimum atomic E-state index is -4.47. The molecule has 0 rings (SSSR count). The lowest BCUT2D eigenvalue weighted by Gasteiger charge is -2.21. The molecular formula is C7H12F3NO3. The van der Waals surface area contributed by atoms with E-state index in [1.807, 2.05) is 0 Å². The molecule has 0 radical (unpaired) electrons. The molecule has 0 spiro atoms. The van der Waals surface area contributed by atoms with Crippen LogP contribution in [0.3, 0.4) is 0 Å². The summed E-state index contributed by atoms with van der Waals surface area (Å²) in [6.45, 7) is 1.27. The van der Waals surface area contributed by atoms with Gasteiger partial charge in [-0.25, -0.2) is 5.48 Å². The maximum atomic E-state index is 11.6. The van der Waals surface area contributed by atoms with E-state index >= 15 is 0 Å². The zero-order valence-electron chi connectivity index (χ0n) is 8.07. The zero-order chi connectivity index (χ0) is 11.4. The molecule has 0 saturated carbocycles. The number of hydrogen-bond acceptors (Lipinski definition) is 3. The van der Waals surface area contributed by atoms with E-state index in [1.54, 1.807) is 5.48 Å². The molecular weight excluding hydrogens is 203 g/mol. The second-order valence-electron chi connectivity index (χ2n) is 3.05. The highest BCUT2D eigenvalue weighted by atomic mass is 19.4. The summed E-state index contributed by atoms with van der Waals surface area (Å²) in [5.41, 5.74) is 0.430. The normalized spacial score (nSPS) is 12.7. The predicted molar refractivity (Wildman–Crippen MR) is 41.2 cm³/mol. The van der Waals surface area contributed by atoms with Crippen LogP contribution in [0.1, 0.15) is 13.8 Å². The van der Waals surface area contributed by atoms with Crippen molar-refractivity contribution in [2.75, 3.05) is 13.7 Å². The van der Waals surface area contributed by atoms with Crippen molar-refractivity contribution in [1.29, 1.82) is 0 Å². The number of amides is 1. The Morgan fingerprint density at radius 2 is 1.86 bits per heavy atom. The molecule has 1 N–H and O–H groups in total. The molecule has 4 nitrogen and oxygen atoms in total. The lowest BCUT2D eigenvalue weighted by molar-refractivity contribution is -0.196. The maximum absolute atomic E-state index is 11.6. The summed E-state index contributed by atoms with van der Waals surface area (Å²) in [5, 5.41) is 0. The third-order valence-electron chi connectivity index (χ3n) is 1.46. The minimum Gasteiger partial charge on any atom is -0.369 e. The Morgan fingerprint density at radius 1 is 1.36 bits per heavy atom. The average molecular weight is 215 g/mol. The minimum absolute atomic E-state index is 0.774. The van der Waals surface area contributed by atoms with Gasteiger partial charge in [0.2, 0.25) is 0 Å². The maximum Gasteiger partial charge on any atom is 0.414 e. The van der Waals surface area contributed by atoms with Crippen molar-refractivity contribution in [3.63, 3.8) is 0 Å². The molecule has 0 aromatic rings. The van der Waals surface area contributed by atoms with Gasteiger partial charge in [-0.3, -0.25) is 9.63 Å². The third-order valence-corrected chi connectivity index (χ3v) is 1.46. The summed E-state index contributed by atoms with van der Waals surface area (Å²) in [6, 6.07) is 0. The van der Waals surface area contributed by atoms with E-state index in [4.69, 9.17) is 4.74 Å². The first kappa shape index (κ1) is 13.2. The highest BCUT2D eigenvalue weighted by Crippen LogP contribution is 2.14. The van der Waals surface area contributed by atoms with Crippen LogP contribution in [-0.4, -0.2) is 31.4 Å². The molecule has 0 fully saturated rings. The molecule has 0 aliphatic rings. The molecule has 0 heterocycles. The molecule has 84 valence electrons. The number of alkyl halides is 3. The summed E-state index contributed by atoms with van der Waals surface area (Å²) in [7, 11) is 1.27. The number of rotatable bonds is 4. The number of hydroxylamine groups is 1. The fraction of sp³-hybridized carbons (Fsp3) is 0.857. The molecule has 0 aliphatic heterocycles. The highest BCUT2D eigenvalue weighted by molar-refractivity contribution is 5.83. The van der Waals surface area contributed by atoms with Gasteiger partial charge in [0.05, 0.1) is 0 Å². The van der Waals surface area contributed by atoms with Crippen molar-refractivity contribution in [1.82, 2.24) is 5.48 Å². The molecule has 0 saturated heterocycles. The largest absolute Gasteiger partial charge is 0.414 e. The predicted octanol–water partition coefficient (Wildman–Crippen LogP) is 1.02. The van der Waals surface area contributed by atoms with E-state index in [2.05, 4.69) is 4.84 Å². The Morgan fingerprint density at radius 3 is 2.21 bits per heavy atom. The van der Waals surface area contributed by atoms with E-state index in [9.17, 15) is 18.0 Å². The summed E-state index contributed by atoms with van der Waals surface area (Å²) < 4.78 is 39.4. The molecule has 1 amide bonds. The number of hydrogen-bond donors (Lipinski definition) is 1. The molecule has 0 aliphatic carbocycles. The van der Waals surface area contributed by atoms with E-state index < -0.39 is 24.3 Å². The lowest BCUT2D eigenvalue weighted by Crippen LogP contribution is -2.44. The first-order chi connectivity index (χ1) is 6.19. The van der Waals surface area contributed by atoms with Gasteiger partial charge in [-0.2, -0.15) is 13.2 Å². The van der Waals surface area contributed by atoms with Crippen LogP contribution in [0.5, 0.6) is 0 Å². The van der Waals surface area contributed by atoms with Crippen LogP contribution in [0.25, 0.3) is 0 Å². The monoisotopic (exact) mass is 215 g/mol. The second-order valence-corrected chi connectivity index (χ2v) is 3.05. The second kappa shape index (κ2) is 4.61. The van der Waals surface area contributed by atoms with E-state index in [0.717, 1.165) is 0 Å². The molecule has 0 unspecified atom stereocenters. The first-order valence-electron chi connectivity index (χ1n) is 3.73. The van der Waals surface area contributed by atoms with Crippen LogP contribution in [0.2, 0.25) is 0 Å². The molecule has 14 heavy (non-hydrogen) atoms. The number of carbonyl (C=O) groups excluding carboxylic acids is 1. The van der Waals surface area contributed by atoms with Gasteiger partial charge in [0.25, 0.3) is 5.91 Å². The van der Waals surface area contributed by atoms with E-state index in [0.29, 0.717) is 0 Å². The fourth-order valence-corrected chi connectivity index (χ4v) is 0.399. The third kappa shape index (κ3) is 5.03. The van der Waals surface area contributed by atoms with Gasteiger partial charge in [0.1, 0.15) is 5.60 Å².